The van der Waals surface area contributed by atoms with Gasteiger partial charge in [0, 0.05) is 30.4 Å². The molecule has 0 unspecified atom stereocenters. The average molecular weight is 332 g/mol. The van der Waals surface area contributed by atoms with Gasteiger partial charge in [-0.25, -0.2) is 23.1 Å². The SMILES string of the molecule is CC(=O)Nc1ccc(S(=O)(=O)Nc2nccc(C3CC3)n2)cc1. The standard InChI is InChI=1S/C15H16N4O3S/c1-10(20)17-12-4-6-13(7-5-12)23(21,22)19-15-16-9-8-14(18-15)11-2-3-11/h4-9,11H,2-3H2,1H3,(H,17,20)(H,16,18,19). The van der Waals surface area contributed by atoms with Crippen molar-refractivity contribution in [2.75, 3.05) is 10.0 Å². The van der Waals surface area contributed by atoms with Crippen LogP contribution in [0.2, 0.25) is 0 Å². The van der Waals surface area contributed by atoms with Gasteiger partial charge in [-0.3, -0.25) is 4.79 Å². The summed E-state index contributed by atoms with van der Waals surface area (Å²) in [7, 11) is -3.77. The number of rotatable bonds is 5. The molecule has 1 saturated carbocycles. The molecule has 2 N–H and O–H groups in total. The fourth-order valence-corrected chi connectivity index (χ4v) is 3.08. The van der Waals surface area contributed by atoms with E-state index >= 15 is 0 Å². The molecule has 23 heavy (non-hydrogen) atoms. The Morgan fingerprint density at radius 3 is 2.48 bits per heavy atom. The minimum absolute atomic E-state index is 0.0698. The van der Waals surface area contributed by atoms with E-state index in [1.807, 2.05) is 0 Å². The molecule has 1 aliphatic rings. The van der Waals surface area contributed by atoms with Gasteiger partial charge in [0.15, 0.2) is 0 Å². The van der Waals surface area contributed by atoms with Crippen LogP contribution in [0.25, 0.3) is 0 Å². The monoisotopic (exact) mass is 332 g/mol. The van der Waals surface area contributed by atoms with Crippen molar-refractivity contribution >= 4 is 27.6 Å². The lowest BCUT2D eigenvalue weighted by Gasteiger charge is -2.08. The summed E-state index contributed by atoms with van der Waals surface area (Å²) < 4.78 is 27.1. The van der Waals surface area contributed by atoms with E-state index in [1.165, 1.54) is 31.2 Å². The molecule has 0 atom stereocenters. The zero-order valence-electron chi connectivity index (χ0n) is 12.5. The fraction of sp³-hybridized carbons (Fsp3) is 0.267. The lowest BCUT2D eigenvalue weighted by molar-refractivity contribution is -0.114. The number of nitrogens with one attached hydrogen (secondary N) is 2. The van der Waals surface area contributed by atoms with E-state index in [0.717, 1.165) is 18.5 Å². The molecule has 0 aliphatic heterocycles. The Morgan fingerprint density at radius 2 is 1.87 bits per heavy atom. The summed E-state index contributed by atoms with van der Waals surface area (Å²) in [5.74, 6) is 0.266. The number of nitrogens with zero attached hydrogens (tertiary/aromatic N) is 2. The third-order valence-electron chi connectivity index (χ3n) is 3.38. The van der Waals surface area contributed by atoms with E-state index in [2.05, 4.69) is 20.0 Å². The number of amides is 1. The van der Waals surface area contributed by atoms with Crippen LogP contribution in [0, 0.1) is 0 Å². The van der Waals surface area contributed by atoms with Crippen LogP contribution >= 0.6 is 0 Å². The van der Waals surface area contributed by atoms with Crippen molar-refractivity contribution in [2.24, 2.45) is 0 Å². The van der Waals surface area contributed by atoms with Gasteiger partial charge >= 0.3 is 0 Å². The van der Waals surface area contributed by atoms with Gasteiger partial charge in [-0.1, -0.05) is 0 Å². The Balaban J connectivity index is 1.78. The van der Waals surface area contributed by atoms with Gasteiger partial charge in [0.2, 0.25) is 11.9 Å². The molecular formula is C15H16N4O3S. The van der Waals surface area contributed by atoms with Crippen LogP contribution in [0.15, 0.2) is 41.4 Å². The number of carbonyl (C=O) groups is 1. The molecule has 1 aromatic carbocycles. The van der Waals surface area contributed by atoms with Gasteiger partial charge in [-0.05, 0) is 43.2 Å². The van der Waals surface area contributed by atoms with Crippen LogP contribution in [-0.2, 0) is 14.8 Å². The highest BCUT2D eigenvalue weighted by Gasteiger charge is 2.25. The molecular weight excluding hydrogens is 316 g/mol. The number of hydrogen-bond acceptors (Lipinski definition) is 5. The quantitative estimate of drug-likeness (QED) is 0.873. The van der Waals surface area contributed by atoms with Crippen molar-refractivity contribution in [3.63, 3.8) is 0 Å². The van der Waals surface area contributed by atoms with Gasteiger partial charge in [0.05, 0.1) is 4.90 Å². The summed E-state index contributed by atoms with van der Waals surface area (Å²) in [6.45, 7) is 1.39. The van der Waals surface area contributed by atoms with Gasteiger partial charge in [-0.2, -0.15) is 0 Å². The molecule has 1 heterocycles. The lowest BCUT2D eigenvalue weighted by Crippen LogP contribution is -2.15. The van der Waals surface area contributed by atoms with E-state index in [1.54, 1.807) is 12.3 Å². The van der Waals surface area contributed by atoms with E-state index in [-0.39, 0.29) is 16.8 Å². The number of carbonyl (C=O) groups excluding carboxylic acids is 1. The van der Waals surface area contributed by atoms with E-state index in [4.69, 9.17) is 0 Å². The summed E-state index contributed by atoms with van der Waals surface area (Å²) in [4.78, 5) is 19.2. The molecule has 0 spiro atoms. The third kappa shape index (κ3) is 3.84. The first-order chi connectivity index (χ1) is 10.9. The average Bonchev–Trinajstić information content (AvgIpc) is 3.31. The lowest BCUT2D eigenvalue weighted by atomic mass is 10.3. The highest BCUT2D eigenvalue weighted by Crippen LogP contribution is 2.38. The molecule has 2 aromatic rings. The Bertz CT molecular complexity index is 830. The number of anilines is 2. The molecule has 1 aliphatic carbocycles. The first-order valence-electron chi connectivity index (χ1n) is 7.17. The second-order valence-electron chi connectivity index (χ2n) is 5.39. The molecule has 1 amide bonds. The van der Waals surface area contributed by atoms with Crippen LogP contribution in [0.5, 0.6) is 0 Å². The summed E-state index contributed by atoms with van der Waals surface area (Å²) in [6, 6.07) is 7.68. The normalized spacial score (nSPS) is 14.3. The summed E-state index contributed by atoms with van der Waals surface area (Å²) in [5.41, 5.74) is 1.39. The molecule has 7 nitrogen and oxygen atoms in total. The van der Waals surface area contributed by atoms with E-state index in [9.17, 15) is 13.2 Å². The summed E-state index contributed by atoms with van der Waals surface area (Å²) >= 11 is 0. The van der Waals surface area contributed by atoms with Crippen molar-refractivity contribution in [3.05, 3.63) is 42.2 Å². The molecule has 1 aromatic heterocycles. The highest BCUT2D eigenvalue weighted by molar-refractivity contribution is 7.92. The zero-order valence-corrected chi connectivity index (χ0v) is 13.3. The maximum Gasteiger partial charge on any atom is 0.264 e. The molecule has 0 radical (unpaired) electrons. The second-order valence-corrected chi connectivity index (χ2v) is 7.07. The summed E-state index contributed by atoms with van der Waals surface area (Å²) in [5, 5.41) is 2.58. The second kappa shape index (κ2) is 5.96. The Kier molecular flexibility index (Phi) is 3.99. The van der Waals surface area contributed by atoms with Crippen molar-refractivity contribution in [2.45, 2.75) is 30.6 Å². The van der Waals surface area contributed by atoms with E-state index in [0.29, 0.717) is 11.6 Å². The molecule has 8 heteroatoms. The predicted molar refractivity (Wildman–Crippen MR) is 85.6 cm³/mol. The molecule has 120 valence electrons. The number of hydrogen-bond donors (Lipinski definition) is 2. The number of sulfonamides is 1. The van der Waals surface area contributed by atoms with E-state index < -0.39 is 10.0 Å². The molecule has 3 rings (SSSR count). The fourth-order valence-electron chi connectivity index (χ4n) is 2.13. The molecule has 0 bridgehead atoms. The highest BCUT2D eigenvalue weighted by atomic mass is 32.2. The largest absolute Gasteiger partial charge is 0.326 e. The van der Waals surface area contributed by atoms with Crippen LogP contribution in [0.3, 0.4) is 0 Å². The minimum Gasteiger partial charge on any atom is -0.326 e. The van der Waals surface area contributed by atoms with Gasteiger partial charge in [0.25, 0.3) is 10.0 Å². The minimum atomic E-state index is -3.77. The first-order valence-corrected chi connectivity index (χ1v) is 8.66. The van der Waals surface area contributed by atoms with Gasteiger partial charge in [0.1, 0.15) is 0 Å². The Labute approximate surface area is 134 Å². The maximum atomic E-state index is 12.4. The van der Waals surface area contributed by atoms with Crippen LogP contribution < -0.4 is 10.0 Å². The number of aromatic nitrogens is 2. The van der Waals surface area contributed by atoms with Crippen LogP contribution in [-0.4, -0.2) is 24.3 Å². The summed E-state index contributed by atoms with van der Waals surface area (Å²) in [6.07, 6.45) is 3.71. The smallest absolute Gasteiger partial charge is 0.264 e. The molecule has 0 saturated heterocycles. The van der Waals surface area contributed by atoms with Gasteiger partial charge < -0.3 is 5.32 Å². The van der Waals surface area contributed by atoms with Gasteiger partial charge in [-0.15, -0.1) is 0 Å². The van der Waals surface area contributed by atoms with Crippen molar-refractivity contribution in [1.82, 2.24) is 9.97 Å². The number of benzene rings is 1. The Morgan fingerprint density at radius 1 is 1.17 bits per heavy atom. The van der Waals surface area contributed by atoms with Crippen molar-refractivity contribution < 1.29 is 13.2 Å². The first kappa shape index (κ1) is 15.4. The van der Waals surface area contributed by atoms with Crippen molar-refractivity contribution in [3.8, 4) is 0 Å². The van der Waals surface area contributed by atoms with Crippen molar-refractivity contribution in [1.29, 1.82) is 0 Å². The molecule has 1 fully saturated rings. The zero-order chi connectivity index (χ0) is 16.4. The maximum absolute atomic E-state index is 12.4. The van der Waals surface area contributed by atoms with Crippen LogP contribution in [0.1, 0.15) is 31.4 Å². The predicted octanol–water partition coefficient (Wildman–Crippen LogP) is 2.11. The van der Waals surface area contributed by atoms with Crippen LogP contribution in [0.4, 0.5) is 11.6 Å². The topological polar surface area (TPSA) is 101 Å². The Hall–Kier alpha value is -2.48. The third-order valence-corrected chi connectivity index (χ3v) is 4.73.